The SMILES string of the molecule is CC1=C2OC(C)(CNc3ccc(-c4ncc[nH]4)cc3)CC2C(C)C([N+](=O)[O-])=C1C. The molecule has 1 saturated heterocycles. The predicted molar refractivity (Wildman–Crippen MR) is 112 cm³/mol. The maximum Gasteiger partial charge on any atom is 0.253 e. The van der Waals surface area contributed by atoms with Gasteiger partial charge in [-0.3, -0.25) is 10.1 Å². The summed E-state index contributed by atoms with van der Waals surface area (Å²) in [5, 5.41) is 15.0. The van der Waals surface area contributed by atoms with Crippen LogP contribution in [0.3, 0.4) is 0 Å². The first-order valence-electron chi connectivity index (χ1n) is 9.88. The van der Waals surface area contributed by atoms with Crippen LogP contribution in [-0.4, -0.2) is 27.0 Å². The number of nitrogens with one attached hydrogen (secondary N) is 2. The number of hydrogen-bond acceptors (Lipinski definition) is 5. The lowest BCUT2D eigenvalue weighted by Crippen LogP contribution is -2.33. The van der Waals surface area contributed by atoms with Crippen LogP contribution in [0, 0.1) is 22.0 Å². The number of hydrogen-bond donors (Lipinski definition) is 2. The lowest BCUT2D eigenvalue weighted by atomic mass is 9.77. The number of fused-ring (bicyclic) bond motifs is 1. The number of aromatic nitrogens is 2. The zero-order valence-corrected chi connectivity index (χ0v) is 17.2. The summed E-state index contributed by atoms with van der Waals surface area (Å²) < 4.78 is 6.38. The van der Waals surface area contributed by atoms with Gasteiger partial charge in [0.15, 0.2) is 0 Å². The van der Waals surface area contributed by atoms with E-state index in [1.54, 1.807) is 12.4 Å². The number of imidazole rings is 1. The number of H-pyrrole nitrogens is 1. The van der Waals surface area contributed by atoms with Gasteiger partial charge in [-0.2, -0.15) is 0 Å². The molecule has 2 N–H and O–H groups in total. The Hall–Kier alpha value is -3.09. The summed E-state index contributed by atoms with van der Waals surface area (Å²) in [6.07, 6.45) is 4.29. The molecule has 1 fully saturated rings. The summed E-state index contributed by atoms with van der Waals surface area (Å²) in [5.41, 5.74) is 3.58. The molecule has 1 aromatic heterocycles. The minimum absolute atomic E-state index is 0.0484. The molecule has 3 atom stereocenters. The van der Waals surface area contributed by atoms with Crippen LogP contribution in [0.2, 0.25) is 0 Å². The molecule has 3 unspecified atom stereocenters. The molecule has 0 amide bonds. The van der Waals surface area contributed by atoms with Gasteiger partial charge in [0.1, 0.15) is 17.2 Å². The quantitative estimate of drug-likeness (QED) is 0.563. The fourth-order valence-corrected chi connectivity index (χ4v) is 4.48. The van der Waals surface area contributed by atoms with Crippen molar-refractivity contribution in [3.05, 3.63) is 69.4 Å². The smallest absolute Gasteiger partial charge is 0.253 e. The van der Waals surface area contributed by atoms with Crippen LogP contribution in [0.4, 0.5) is 5.69 Å². The Labute approximate surface area is 170 Å². The maximum absolute atomic E-state index is 11.6. The zero-order valence-electron chi connectivity index (χ0n) is 17.2. The van der Waals surface area contributed by atoms with Crippen LogP contribution in [-0.2, 0) is 4.74 Å². The maximum atomic E-state index is 11.6. The van der Waals surface area contributed by atoms with Crippen molar-refractivity contribution in [1.29, 1.82) is 0 Å². The lowest BCUT2D eigenvalue weighted by molar-refractivity contribution is -0.436. The Morgan fingerprint density at radius 2 is 2.03 bits per heavy atom. The normalized spacial score (nSPS) is 26.3. The summed E-state index contributed by atoms with van der Waals surface area (Å²) in [6, 6.07) is 8.08. The fraction of sp³-hybridized carbons (Fsp3) is 0.409. The van der Waals surface area contributed by atoms with E-state index in [2.05, 4.69) is 22.2 Å². The monoisotopic (exact) mass is 394 g/mol. The van der Waals surface area contributed by atoms with Crippen molar-refractivity contribution < 1.29 is 9.66 Å². The first kappa shape index (κ1) is 19.2. The van der Waals surface area contributed by atoms with Gasteiger partial charge in [0.05, 0.1) is 17.4 Å². The highest BCUT2D eigenvalue weighted by Crippen LogP contribution is 2.49. The van der Waals surface area contributed by atoms with Gasteiger partial charge in [-0.1, -0.05) is 6.92 Å². The summed E-state index contributed by atoms with van der Waals surface area (Å²) >= 11 is 0. The molecule has 0 radical (unpaired) electrons. The number of nitro groups is 1. The van der Waals surface area contributed by atoms with Gasteiger partial charge in [-0.25, -0.2) is 4.98 Å². The van der Waals surface area contributed by atoms with E-state index in [1.807, 2.05) is 45.0 Å². The molecule has 0 saturated carbocycles. The zero-order chi connectivity index (χ0) is 20.8. The van der Waals surface area contributed by atoms with Gasteiger partial charge < -0.3 is 15.0 Å². The molecule has 2 aromatic rings. The van der Waals surface area contributed by atoms with E-state index in [0.717, 1.165) is 40.4 Å². The number of aromatic amines is 1. The van der Waals surface area contributed by atoms with Crippen LogP contribution in [0.5, 0.6) is 0 Å². The molecule has 7 heteroatoms. The summed E-state index contributed by atoms with van der Waals surface area (Å²) in [5.74, 6) is 1.65. The molecule has 0 spiro atoms. The van der Waals surface area contributed by atoms with Crippen molar-refractivity contribution in [1.82, 2.24) is 9.97 Å². The van der Waals surface area contributed by atoms with Crippen LogP contribution >= 0.6 is 0 Å². The van der Waals surface area contributed by atoms with Crippen LogP contribution < -0.4 is 5.32 Å². The molecule has 2 heterocycles. The van der Waals surface area contributed by atoms with Crippen molar-refractivity contribution in [3.8, 4) is 11.4 Å². The van der Waals surface area contributed by atoms with E-state index in [9.17, 15) is 10.1 Å². The van der Waals surface area contributed by atoms with Crippen molar-refractivity contribution in [2.75, 3.05) is 11.9 Å². The third-order valence-electron chi connectivity index (χ3n) is 6.22. The predicted octanol–water partition coefficient (Wildman–Crippen LogP) is 4.76. The minimum Gasteiger partial charge on any atom is -0.489 e. The summed E-state index contributed by atoms with van der Waals surface area (Å²) in [4.78, 5) is 18.7. The topological polar surface area (TPSA) is 93.1 Å². The second-order valence-corrected chi connectivity index (χ2v) is 8.28. The second-order valence-electron chi connectivity index (χ2n) is 8.28. The number of ether oxygens (including phenoxy) is 1. The van der Waals surface area contributed by atoms with Crippen LogP contribution in [0.15, 0.2) is 59.3 Å². The fourth-order valence-electron chi connectivity index (χ4n) is 4.48. The van der Waals surface area contributed by atoms with Crippen molar-refractivity contribution in [3.63, 3.8) is 0 Å². The molecular weight excluding hydrogens is 368 g/mol. The highest BCUT2D eigenvalue weighted by molar-refractivity contribution is 5.59. The Bertz CT molecular complexity index is 992. The Kier molecular flexibility index (Phi) is 4.68. The van der Waals surface area contributed by atoms with Gasteiger partial charge in [0.25, 0.3) is 5.70 Å². The number of anilines is 1. The van der Waals surface area contributed by atoms with Crippen LogP contribution in [0.25, 0.3) is 11.4 Å². The van der Waals surface area contributed by atoms with Crippen LogP contribution in [0.1, 0.15) is 34.1 Å². The molecule has 152 valence electrons. The van der Waals surface area contributed by atoms with E-state index < -0.39 is 5.60 Å². The summed E-state index contributed by atoms with van der Waals surface area (Å²) in [7, 11) is 0. The molecule has 1 aliphatic heterocycles. The van der Waals surface area contributed by atoms with Crippen molar-refractivity contribution in [2.45, 2.75) is 39.7 Å². The first-order valence-corrected chi connectivity index (χ1v) is 9.88. The lowest BCUT2D eigenvalue weighted by Gasteiger charge is -2.25. The third-order valence-corrected chi connectivity index (χ3v) is 6.22. The molecular formula is C22H26N4O3. The molecule has 0 bridgehead atoms. The second kappa shape index (κ2) is 7.06. The Morgan fingerprint density at radius 1 is 1.31 bits per heavy atom. The Balaban J connectivity index is 1.47. The molecule has 4 rings (SSSR count). The van der Waals surface area contributed by atoms with E-state index in [0.29, 0.717) is 12.2 Å². The number of benzene rings is 1. The van der Waals surface area contributed by atoms with Gasteiger partial charge >= 0.3 is 0 Å². The van der Waals surface area contributed by atoms with Gasteiger partial charge in [-0.15, -0.1) is 0 Å². The molecule has 1 aromatic carbocycles. The molecule has 2 aliphatic rings. The number of allylic oxidation sites excluding steroid dienone is 4. The van der Waals surface area contributed by atoms with E-state index in [-0.39, 0.29) is 16.8 Å². The van der Waals surface area contributed by atoms with Crippen molar-refractivity contribution in [2.24, 2.45) is 11.8 Å². The number of rotatable bonds is 5. The standard InChI is InChI=1S/C22H26N4O3/c1-13-14(2)20-18(15(3)19(13)26(27)28)11-22(4,29-20)12-25-17-7-5-16(6-8-17)21-23-9-10-24-21/h5-10,15,18,25H,11-12H2,1-4H3,(H,23,24). The van der Waals surface area contributed by atoms with Gasteiger partial charge in [-0.05, 0) is 57.0 Å². The third kappa shape index (κ3) is 3.41. The van der Waals surface area contributed by atoms with Gasteiger partial charge in [0, 0.05) is 35.1 Å². The first-order chi connectivity index (χ1) is 13.8. The number of nitrogens with zero attached hydrogens (tertiary/aromatic N) is 2. The molecule has 1 aliphatic carbocycles. The average Bonchev–Trinajstić information content (AvgIpc) is 3.34. The summed E-state index contributed by atoms with van der Waals surface area (Å²) in [6.45, 7) is 8.39. The largest absolute Gasteiger partial charge is 0.489 e. The van der Waals surface area contributed by atoms with Crippen molar-refractivity contribution >= 4 is 5.69 Å². The van der Waals surface area contributed by atoms with E-state index >= 15 is 0 Å². The molecule has 7 nitrogen and oxygen atoms in total. The molecule has 29 heavy (non-hydrogen) atoms. The highest BCUT2D eigenvalue weighted by Gasteiger charge is 2.49. The van der Waals surface area contributed by atoms with E-state index in [4.69, 9.17) is 4.74 Å². The Morgan fingerprint density at radius 3 is 2.66 bits per heavy atom. The van der Waals surface area contributed by atoms with Gasteiger partial charge in [0.2, 0.25) is 0 Å². The average molecular weight is 394 g/mol. The highest BCUT2D eigenvalue weighted by atomic mass is 16.6. The van der Waals surface area contributed by atoms with E-state index in [1.165, 1.54) is 0 Å². The minimum atomic E-state index is -0.415.